The Balaban J connectivity index is 1.68. The molecule has 1 aliphatic rings. The molecule has 0 atom stereocenters. The normalized spacial score (nSPS) is 14.9. The van der Waals surface area contributed by atoms with Gasteiger partial charge in [-0.1, -0.05) is 23.2 Å². The van der Waals surface area contributed by atoms with Crippen LogP contribution in [0, 0.1) is 19.8 Å². The number of nitrogens with zero attached hydrogens (tertiary/aromatic N) is 4. The second-order valence-corrected chi connectivity index (χ2v) is 10.0. The molecule has 1 aromatic carbocycles. The zero-order valence-corrected chi connectivity index (χ0v) is 21.8. The Morgan fingerprint density at radius 1 is 1.11 bits per heavy atom. The number of rotatable bonds is 5. The third-order valence-corrected chi connectivity index (χ3v) is 7.23. The molecule has 0 spiro atoms. The molecular weight excluding hydrogens is 532 g/mol. The van der Waals surface area contributed by atoms with Crippen LogP contribution >= 0.6 is 23.2 Å². The van der Waals surface area contributed by atoms with Crippen LogP contribution in [0.25, 0.3) is 5.65 Å². The highest BCUT2D eigenvalue weighted by Crippen LogP contribution is 2.34. The van der Waals surface area contributed by atoms with E-state index < -0.39 is 17.7 Å². The molecule has 0 saturated carbocycles. The van der Waals surface area contributed by atoms with E-state index in [1.54, 1.807) is 11.8 Å². The highest BCUT2D eigenvalue weighted by molar-refractivity contribution is 6.42. The van der Waals surface area contributed by atoms with Crippen LogP contribution in [0.15, 0.2) is 18.2 Å². The largest absolute Gasteiger partial charge is 0.435 e. The fraction of sp³-hybridized carbons (Fsp3) is 0.400. The maximum atomic E-state index is 13.5. The van der Waals surface area contributed by atoms with Crippen molar-refractivity contribution in [3.63, 3.8) is 0 Å². The van der Waals surface area contributed by atoms with Crippen molar-refractivity contribution in [2.75, 3.05) is 13.1 Å². The summed E-state index contributed by atoms with van der Waals surface area (Å²) in [4.78, 5) is 44.0. The minimum Gasteiger partial charge on any atom is -0.339 e. The predicted molar refractivity (Wildman–Crippen MR) is 131 cm³/mol. The number of aromatic nitrogens is 3. The Bertz CT molecular complexity index is 1430. The molecule has 0 unspecified atom stereocenters. The third-order valence-electron chi connectivity index (χ3n) is 6.52. The van der Waals surface area contributed by atoms with Crippen LogP contribution in [0.4, 0.5) is 13.2 Å². The monoisotopic (exact) mass is 554 g/mol. The first-order valence-electron chi connectivity index (χ1n) is 11.5. The van der Waals surface area contributed by atoms with E-state index in [2.05, 4.69) is 10.1 Å². The fourth-order valence-corrected chi connectivity index (χ4v) is 5.22. The van der Waals surface area contributed by atoms with Gasteiger partial charge in [-0.05, 0) is 63.3 Å². The number of carbonyl (C=O) groups is 3. The van der Waals surface area contributed by atoms with Gasteiger partial charge < -0.3 is 9.69 Å². The lowest BCUT2D eigenvalue weighted by atomic mass is 9.91. The number of ketones is 2. The fourth-order valence-electron chi connectivity index (χ4n) is 4.59. The van der Waals surface area contributed by atoms with Crippen LogP contribution < -0.4 is 0 Å². The topological polar surface area (TPSA) is 84.6 Å². The molecular formula is C25H23Cl2F3N4O3. The number of likely N-dealkylation sites (tertiary alicyclic amines) is 1. The van der Waals surface area contributed by atoms with Gasteiger partial charge >= 0.3 is 6.18 Å². The first kappa shape index (κ1) is 27.1. The number of benzene rings is 1. The van der Waals surface area contributed by atoms with Gasteiger partial charge in [-0.25, -0.2) is 9.50 Å². The number of hydrogen-bond donors (Lipinski definition) is 0. The van der Waals surface area contributed by atoms with Gasteiger partial charge in [0.1, 0.15) is 11.5 Å². The SMILES string of the molecule is CC(=O)CC1CCN(C(=O)c2ccc(Cl)c(C(=O)c3nc4c(C)cc(C(F)(F)F)nn4c3C)c2Cl)CC1. The number of hydrogen-bond acceptors (Lipinski definition) is 5. The number of aryl methyl sites for hydroxylation is 2. The molecule has 3 aromatic rings. The van der Waals surface area contributed by atoms with E-state index in [0.717, 1.165) is 10.6 Å². The summed E-state index contributed by atoms with van der Waals surface area (Å²) in [5.74, 6) is -0.792. The molecule has 1 fully saturated rings. The van der Waals surface area contributed by atoms with Crippen molar-refractivity contribution in [3.8, 4) is 0 Å². The molecule has 12 heteroatoms. The lowest BCUT2D eigenvalue weighted by Crippen LogP contribution is -2.39. The highest BCUT2D eigenvalue weighted by atomic mass is 35.5. The summed E-state index contributed by atoms with van der Waals surface area (Å²) in [5.41, 5.74) is -1.04. The molecule has 1 saturated heterocycles. The van der Waals surface area contributed by atoms with Crippen molar-refractivity contribution in [1.82, 2.24) is 19.5 Å². The summed E-state index contributed by atoms with van der Waals surface area (Å²) >= 11 is 12.9. The van der Waals surface area contributed by atoms with Gasteiger partial charge in [0.25, 0.3) is 5.91 Å². The van der Waals surface area contributed by atoms with E-state index in [1.165, 1.54) is 26.0 Å². The van der Waals surface area contributed by atoms with Gasteiger partial charge in [-0.3, -0.25) is 9.59 Å². The summed E-state index contributed by atoms with van der Waals surface area (Å²) in [6.07, 6.45) is -2.86. The second kappa shape index (κ2) is 10.1. The average Bonchev–Trinajstić information content (AvgIpc) is 3.15. The lowest BCUT2D eigenvalue weighted by molar-refractivity contribution is -0.142. The van der Waals surface area contributed by atoms with Gasteiger partial charge in [0.05, 0.1) is 26.9 Å². The zero-order chi connectivity index (χ0) is 27.2. The first-order chi connectivity index (χ1) is 17.3. The molecule has 37 heavy (non-hydrogen) atoms. The van der Waals surface area contributed by atoms with Gasteiger partial charge in [-0.2, -0.15) is 18.3 Å². The van der Waals surface area contributed by atoms with Crippen LogP contribution in [-0.2, 0) is 11.0 Å². The minimum atomic E-state index is -4.68. The lowest BCUT2D eigenvalue weighted by Gasteiger charge is -2.32. The maximum Gasteiger partial charge on any atom is 0.435 e. The Kier molecular flexibility index (Phi) is 7.36. The zero-order valence-electron chi connectivity index (χ0n) is 20.2. The van der Waals surface area contributed by atoms with Crippen LogP contribution in [0.2, 0.25) is 10.0 Å². The number of amides is 1. The molecule has 1 aliphatic heterocycles. The Morgan fingerprint density at radius 3 is 2.35 bits per heavy atom. The van der Waals surface area contributed by atoms with Crippen LogP contribution in [-0.4, -0.2) is 50.1 Å². The highest BCUT2D eigenvalue weighted by Gasteiger charge is 2.35. The Morgan fingerprint density at radius 2 is 1.76 bits per heavy atom. The molecule has 3 heterocycles. The van der Waals surface area contributed by atoms with Crippen molar-refractivity contribution in [3.05, 3.63) is 62.0 Å². The number of fused-ring (bicyclic) bond motifs is 1. The molecule has 0 N–H and O–H groups in total. The van der Waals surface area contributed by atoms with Crippen molar-refractivity contribution in [2.24, 2.45) is 5.92 Å². The standard InChI is InChI=1S/C25H23Cl2F3N4O3/c1-12-10-18(25(28,29)30)32-34-14(3)21(31-23(12)34)22(36)19-17(26)5-4-16(20(19)27)24(37)33-8-6-15(7-9-33)11-13(2)35/h4-5,10,15H,6-9,11H2,1-3H3. The molecule has 0 aliphatic carbocycles. The van der Waals surface area contributed by atoms with Crippen LogP contribution in [0.1, 0.15) is 69.5 Å². The van der Waals surface area contributed by atoms with E-state index >= 15 is 0 Å². The quantitative estimate of drug-likeness (QED) is 0.376. The first-order valence-corrected chi connectivity index (χ1v) is 12.3. The second-order valence-electron chi connectivity index (χ2n) is 9.25. The molecule has 196 valence electrons. The molecule has 4 rings (SSSR count). The third kappa shape index (κ3) is 5.22. The van der Waals surface area contributed by atoms with Crippen LogP contribution in [0.3, 0.4) is 0 Å². The van der Waals surface area contributed by atoms with Crippen molar-refractivity contribution < 1.29 is 27.6 Å². The predicted octanol–water partition coefficient (Wildman–Crippen LogP) is 5.73. The number of alkyl halides is 3. The smallest absolute Gasteiger partial charge is 0.339 e. The number of Topliss-reactive ketones (excluding diaryl/α,β-unsaturated/α-hetero) is 1. The Hall–Kier alpha value is -2.98. The van der Waals surface area contributed by atoms with E-state index in [4.69, 9.17) is 23.2 Å². The summed E-state index contributed by atoms with van der Waals surface area (Å²) in [5, 5.41) is 3.42. The van der Waals surface area contributed by atoms with Gasteiger partial charge in [-0.15, -0.1) is 0 Å². The summed E-state index contributed by atoms with van der Waals surface area (Å²) in [6.45, 7) is 5.28. The van der Waals surface area contributed by atoms with Crippen molar-refractivity contribution in [2.45, 2.75) is 46.2 Å². The Labute approximate surface area is 220 Å². The summed E-state index contributed by atoms with van der Waals surface area (Å²) in [6, 6.07) is 3.67. The minimum absolute atomic E-state index is 0.0242. The van der Waals surface area contributed by atoms with Gasteiger partial charge in [0.15, 0.2) is 11.3 Å². The number of halogens is 5. The van der Waals surface area contributed by atoms with Gasteiger partial charge in [0.2, 0.25) is 5.78 Å². The number of piperidine rings is 1. The molecule has 1 amide bonds. The summed E-state index contributed by atoms with van der Waals surface area (Å²) < 4.78 is 40.8. The summed E-state index contributed by atoms with van der Waals surface area (Å²) in [7, 11) is 0. The number of carbonyl (C=O) groups excluding carboxylic acids is 3. The van der Waals surface area contributed by atoms with Crippen LogP contribution in [0.5, 0.6) is 0 Å². The molecule has 0 bridgehead atoms. The van der Waals surface area contributed by atoms with Crippen molar-refractivity contribution in [1.29, 1.82) is 0 Å². The van der Waals surface area contributed by atoms with Crippen molar-refractivity contribution >= 4 is 46.3 Å². The maximum absolute atomic E-state index is 13.5. The van der Waals surface area contributed by atoms with Gasteiger partial charge in [0, 0.05) is 19.5 Å². The molecule has 0 radical (unpaired) electrons. The van der Waals surface area contributed by atoms with E-state index in [9.17, 15) is 27.6 Å². The molecule has 2 aromatic heterocycles. The molecule has 7 nitrogen and oxygen atoms in total. The van der Waals surface area contributed by atoms with E-state index in [1.807, 2.05) is 0 Å². The van der Waals surface area contributed by atoms with E-state index in [0.29, 0.717) is 32.4 Å². The average molecular weight is 555 g/mol. The van der Waals surface area contributed by atoms with E-state index in [-0.39, 0.29) is 61.4 Å². The number of imidazole rings is 1.